The van der Waals surface area contributed by atoms with E-state index in [1.165, 1.54) is 0 Å². The molecule has 1 atom stereocenters. The Morgan fingerprint density at radius 2 is 2.30 bits per heavy atom. The minimum Gasteiger partial charge on any atom is -0.351 e. The van der Waals surface area contributed by atoms with Crippen LogP contribution in [0.3, 0.4) is 0 Å². The SMILES string of the molecule is CCC(=O)Nc1c(C#N)cnn1C1(Cl)C=CC(C(F)(F)F)=CN1. The first-order chi connectivity index (χ1) is 10.7. The monoisotopic (exact) mass is 345 g/mol. The molecule has 0 radical (unpaired) electrons. The highest BCUT2D eigenvalue weighted by molar-refractivity contribution is 6.23. The number of nitriles is 1. The van der Waals surface area contributed by atoms with Crippen molar-refractivity contribution in [3.63, 3.8) is 0 Å². The van der Waals surface area contributed by atoms with Gasteiger partial charge in [0, 0.05) is 12.6 Å². The van der Waals surface area contributed by atoms with Gasteiger partial charge in [-0.2, -0.15) is 23.5 Å². The van der Waals surface area contributed by atoms with E-state index >= 15 is 0 Å². The molecule has 0 aromatic carbocycles. The third-order valence-electron chi connectivity index (χ3n) is 3.02. The highest BCUT2D eigenvalue weighted by Gasteiger charge is 2.38. The molecular formula is C13H11ClF3N5O. The maximum Gasteiger partial charge on any atom is 0.417 e. The van der Waals surface area contributed by atoms with Crippen LogP contribution in [0, 0.1) is 11.3 Å². The third-order valence-corrected chi connectivity index (χ3v) is 3.41. The van der Waals surface area contributed by atoms with E-state index in [0.29, 0.717) is 6.20 Å². The zero-order valence-corrected chi connectivity index (χ0v) is 12.5. The quantitative estimate of drug-likeness (QED) is 0.651. The van der Waals surface area contributed by atoms with Gasteiger partial charge in [-0.05, 0) is 12.2 Å². The van der Waals surface area contributed by atoms with Crippen LogP contribution in [-0.2, 0) is 9.92 Å². The molecule has 1 unspecified atom stereocenters. The number of anilines is 1. The summed E-state index contributed by atoms with van der Waals surface area (Å²) in [6, 6.07) is 1.83. The molecule has 1 aromatic heterocycles. The maximum absolute atomic E-state index is 12.6. The predicted octanol–water partition coefficient (Wildman–Crippen LogP) is 2.56. The second-order valence-electron chi connectivity index (χ2n) is 4.58. The van der Waals surface area contributed by atoms with Crippen LogP contribution in [0.15, 0.2) is 30.1 Å². The van der Waals surface area contributed by atoms with Gasteiger partial charge in [0.25, 0.3) is 0 Å². The molecule has 1 amide bonds. The van der Waals surface area contributed by atoms with E-state index in [0.717, 1.165) is 23.0 Å². The highest BCUT2D eigenvalue weighted by Crippen LogP contribution is 2.34. The molecule has 1 aliphatic heterocycles. The first-order valence-corrected chi connectivity index (χ1v) is 6.80. The Balaban J connectivity index is 2.38. The lowest BCUT2D eigenvalue weighted by Gasteiger charge is -2.29. The van der Waals surface area contributed by atoms with Crippen LogP contribution in [-0.4, -0.2) is 21.9 Å². The molecule has 10 heteroatoms. The van der Waals surface area contributed by atoms with Crippen molar-refractivity contribution in [3.05, 3.63) is 35.7 Å². The van der Waals surface area contributed by atoms with Gasteiger partial charge in [0.15, 0.2) is 5.82 Å². The number of rotatable bonds is 3. The summed E-state index contributed by atoms with van der Waals surface area (Å²) in [4.78, 5) is 11.6. The van der Waals surface area contributed by atoms with E-state index in [4.69, 9.17) is 16.9 Å². The molecule has 122 valence electrons. The van der Waals surface area contributed by atoms with Gasteiger partial charge >= 0.3 is 6.18 Å². The summed E-state index contributed by atoms with van der Waals surface area (Å²) in [5.41, 5.74) is -0.881. The van der Waals surface area contributed by atoms with E-state index in [1.54, 1.807) is 6.92 Å². The topological polar surface area (TPSA) is 82.7 Å². The van der Waals surface area contributed by atoms with E-state index in [1.807, 2.05) is 6.07 Å². The molecule has 0 saturated heterocycles. The van der Waals surface area contributed by atoms with E-state index < -0.39 is 22.8 Å². The number of hydrogen-bond acceptors (Lipinski definition) is 4. The first-order valence-electron chi connectivity index (χ1n) is 6.43. The fourth-order valence-electron chi connectivity index (χ4n) is 1.80. The molecule has 0 spiro atoms. The average Bonchev–Trinajstić information content (AvgIpc) is 2.90. The number of nitrogens with one attached hydrogen (secondary N) is 2. The van der Waals surface area contributed by atoms with Crippen LogP contribution < -0.4 is 10.6 Å². The van der Waals surface area contributed by atoms with Gasteiger partial charge in [-0.25, -0.2) is 4.68 Å². The summed E-state index contributed by atoms with van der Waals surface area (Å²) < 4.78 is 38.9. The smallest absolute Gasteiger partial charge is 0.351 e. The summed E-state index contributed by atoms with van der Waals surface area (Å²) in [5.74, 6) is -0.398. The lowest BCUT2D eigenvalue weighted by Crippen LogP contribution is -2.42. The van der Waals surface area contributed by atoms with Crippen molar-refractivity contribution >= 4 is 23.3 Å². The summed E-state index contributed by atoms with van der Waals surface area (Å²) in [6.07, 6.45) is -0.689. The Hall–Kier alpha value is -2.47. The Bertz CT molecular complexity index is 731. The van der Waals surface area contributed by atoms with Crippen molar-refractivity contribution < 1.29 is 18.0 Å². The van der Waals surface area contributed by atoms with Crippen LogP contribution in [0.2, 0.25) is 0 Å². The number of halogens is 4. The second kappa shape index (κ2) is 5.96. The van der Waals surface area contributed by atoms with Gasteiger partial charge in [-0.1, -0.05) is 18.5 Å². The zero-order chi connectivity index (χ0) is 17.3. The number of carbonyl (C=O) groups excluding carboxylic acids is 1. The molecule has 0 bridgehead atoms. The molecular weight excluding hydrogens is 335 g/mol. The lowest BCUT2D eigenvalue weighted by atomic mass is 10.2. The van der Waals surface area contributed by atoms with E-state index in [2.05, 4.69) is 15.7 Å². The van der Waals surface area contributed by atoms with Crippen LogP contribution in [0.4, 0.5) is 19.0 Å². The zero-order valence-electron chi connectivity index (χ0n) is 11.8. The van der Waals surface area contributed by atoms with Crippen LogP contribution >= 0.6 is 11.6 Å². The molecule has 2 heterocycles. The summed E-state index contributed by atoms with van der Waals surface area (Å²) in [7, 11) is 0. The fourth-order valence-corrected chi connectivity index (χ4v) is 2.05. The van der Waals surface area contributed by atoms with Gasteiger partial charge in [0.2, 0.25) is 11.0 Å². The van der Waals surface area contributed by atoms with Crippen LogP contribution in [0.5, 0.6) is 0 Å². The van der Waals surface area contributed by atoms with Crippen molar-refractivity contribution in [2.24, 2.45) is 0 Å². The molecule has 23 heavy (non-hydrogen) atoms. The van der Waals surface area contributed by atoms with Crippen molar-refractivity contribution in [3.8, 4) is 6.07 Å². The number of hydrogen-bond donors (Lipinski definition) is 2. The Kier molecular flexibility index (Phi) is 4.38. The Morgan fingerprint density at radius 1 is 1.61 bits per heavy atom. The fraction of sp³-hybridized carbons (Fsp3) is 0.308. The maximum atomic E-state index is 12.6. The number of alkyl halides is 4. The van der Waals surface area contributed by atoms with Crippen molar-refractivity contribution in [2.45, 2.75) is 24.6 Å². The van der Waals surface area contributed by atoms with E-state index in [-0.39, 0.29) is 17.8 Å². The number of amides is 1. The summed E-state index contributed by atoms with van der Waals surface area (Å²) in [6.45, 7) is 1.61. The van der Waals surface area contributed by atoms with Crippen molar-refractivity contribution in [1.82, 2.24) is 15.1 Å². The van der Waals surface area contributed by atoms with Crippen LogP contribution in [0.1, 0.15) is 18.9 Å². The van der Waals surface area contributed by atoms with Crippen molar-refractivity contribution in [2.75, 3.05) is 5.32 Å². The Labute approximate surface area is 134 Å². The summed E-state index contributed by atoms with van der Waals surface area (Å²) in [5, 5.41) is 16.1. The molecule has 6 nitrogen and oxygen atoms in total. The first kappa shape index (κ1) is 16.9. The highest BCUT2D eigenvalue weighted by atomic mass is 35.5. The number of allylic oxidation sites excluding steroid dienone is 2. The van der Waals surface area contributed by atoms with E-state index in [9.17, 15) is 18.0 Å². The number of nitrogens with zero attached hydrogens (tertiary/aromatic N) is 3. The minimum absolute atomic E-state index is 0.00430. The molecule has 0 fully saturated rings. The number of dihydropyridines is 1. The van der Waals surface area contributed by atoms with Gasteiger partial charge in [-0.3, -0.25) is 4.79 Å². The van der Waals surface area contributed by atoms with Gasteiger partial charge < -0.3 is 10.6 Å². The molecule has 0 saturated carbocycles. The average molecular weight is 346 g/mol. The lowest BCUT2D eigenvalue weighted by molar-refractivity contribution is -0.115. The minimum atomic E-state index is -4.52. The summed E-state index contributed by atoms with van der Waals surface area (Å²) >= 11 is 6.25. The second-order valence-corrected chi connectivity index (χ2v) is 5.16. The molecule has 1 aromatic rings. The normalized spacial score (nSPS) is 20.4. The Morgan fingerprint density at radius 3 is 2.78 bits per heavy atom. The third kappa shape index (κ3) is 3.32. The molecule has 2 N–H and O–H groups in total. The number of carbonyl (C=O) groups is 1. The van der Waals surface area contributed by atoms with Gasteiger partial charge in [0.05, 0.1) is 11.8 Å². The van der Waals surface area contributed by atoms with Crippen LogP contribution in [0.25, 0.3) is 0 Å². The predicted molar refractivity (Wildman–Crippen MR) is 76.1 cm³/mol. The van der Waals surface area contributed by atoms with Gasteiger partial charge in [-0.15, -0.1) is 0 Å². The van der Waals surface area contributed by atoms with Crippen molar-refractivity contribution in [1.29, 1.82) is 5.26 Å². The molecule has 1 aliphatic rings. The molecule has 0 aliphatic carbocycles. The number of aromatic nitrogens is 2. The van der Waals surface area contributed by atoms with Gasteiger partial charge in [0.1, 0.15) is 11.6 Å². The standard InChI is InChI=1S/C13H11ClF3N5O/c1-2-10(23)21-11-8(5-18)6-20-22(11)12(14)4-3-9(7-19-12)13(15,16)17/h3-4,6-7,19H,2H2,1H3,(H,21,23). The largest absolute Gasteiger partial charge is 0.417 e. The molecule has 2 rings (SSSR count).